The third-order valence-corrected chi connectivity index (χ3v) is 4.35. The van der Waals surface area contributed by atoms with Gasteiger partial charge in [-0.15, -0.1) is 0 Å². The summed E-state index contributed by atoms with van der Waals surface area (Å²) in [7, 11) is 0. The Balaban J connectivity index is 2.19. The van der Waals surface area contributed by atoms with Gasteiger partial charge in [-0.05, 0) is 26.3 Å². The number of rotatable bonds is 1. The Morgan fingerprint density at radius 2 is 1.82 bits per heavy atom. The number of esters is 1. The minimum atomic E-state index is -1.71. The van der Waals surface area contributed by atoms with Crippen LogP contribution in [0.2, 0.25) is 0 Å². The van der Waals surface area contributed by atoms with E-state index in [-0.39, 0.29) is 0 Å². The Labute approximate surface area is 128 Å². The molecule has 2 unspecified atom stereocenters. The molecule has 5 heteroatoms. The molecule has 22 heavy (non-hydrogen) atoms. The summed E-state index contributed by atoms with van der Waals surface area (Å²) in [5.74, 6) is -2.01. The highest BCUT2D eigenvalue weighted by atomic mass is 16.6. The molecular weight excluding hydrogens is 280 g/mol. The number of hydrogen-bond donors (Lipinski definition) is 0. The maximum Gasteiger partial charge on any atom is 0.324 e. The first-order chi connectivity index (χ1) is 10.3. The minimum absolute atomic E-state index is 0.402. The molecule has 0 bridgehead atoms. The van der Waals surface area contributed by atoms with Gasteiger partial charge in [-0.1, -0.05) is 24.3 Å². The first-order valence-electron chi connectivity index (χ1n) is 6.96. The fourth-order valence-electron chi connectivity index (χ4n) is 3.48. The molecule has 0 heterocycles. The number of fused-ring (bicyclic) bond motifs is 3. The lowest BCUT2D eigenvalue weighted by atomic mass is 9.86. The van der Waals surface area contributed by atoms with Crippen LogP contribution in [0.1, 0.15) is 42.6 Å². The second-order valence-corrected chi connectivity index (χ2v) is 6.69. The molecule has 0 radical (unpaired) electrons. The van der Waals surface area contributed by atoms with E-state index >= 15 is 0 Å². The molecule has 1 aromatic carbocycles. The number of benzene rings is 1. The summed E-state index contributed by atoms with van der Waals surface area (Å²) in [6, 6.07) is 10.5. The van der Waals surface area contributed by atoms with E-state index in [4.69, 9.17) is 4.74 Å². The summed E-state index contributed by atoms with van der Waals surface area (Å²) in [4.78, 5) is 25.5. The zero-order chi connectivity index (χ0) is 16.3. The van der Waals surface area contributed by atoms with Crippen LogP contribution in [0.3, 0.4) is 0 Å². The average molecular weight is 294 g/mol. The van der Waals surface area contributed by atoms with Gasteiger partial charge in [0.15, 0.2) is 16.6 Å². The molecule has 0 saturated heterocycles. The van der Waals surface area contributed by atoms with Crippen LogP contribution in [0.5, 0.6) is 0 Å². The van der Waals surface area contributed by atoms with Crippen molar-refractivity contribution >= 4 is 11.8 Å². The van der Waals surface area contributed by atoms with Crippen LogP contribution in [0.4, 0.5) is 0 Å². The Morgan fingerprint density at radius 3 is 2.36 bits per heavy atom. The highest BCUT2D eigenvalue weighted by Gasteiger charge is 2.91. The van der Waals surface area contributed by atoms with Gasteiger partial charge >= 0.3 is 5.97 Å². The van der Waals surface area contributed by atoms with Crippen molar-refractivity contribution in [2.75, 3.05) is 0 Å². The molecule has 0 aliphatic heterocycles. The SMILES string of the molecule is CC(C)(C)OC(=O)C12C(=O)c3ccccc3C1C2(C#N)C#N. The van der Waals surface area contributed by atoms with Crippen molar-refractivity contribution in [1.82, 2.24) is 0 Å². The predicted molar refractivity (Wildman–Crippen MR) is 75.5 cm³/mol. The lowest BCUT2D eigenvalue weighted by Gasteiger charge is -2.23. The van der Waals surface area contributed by atoms with E-state index in [1.807, 2.05) is 12.1 Å². The second kappa shape index (κ2) is 3.96. The van der Waals surface area contributed by atoms with Crippen LogP contribution in [0, 0.1) is 33.5 Å². The quantitative estimate of drug-likeness (QED) is 0.585. The molecular formula is C17H14N2O3. The molecule has 0 spiro atoms. The van der Waals surface area contributed by atoms with Crippen LogP contribution in [-0.2, 0) is 9.53 Å². The number of nitrogens with zero attached hydrogens (tertiary/aromatic N) is 2. The monoisotopic (exact) mass is 294 g/mol. The third kappa shape index (κ3) is 1.36. The van der Waals surface area contributed by atoms with E-state index < -0.39 is 34.1 Å². The summed E-state index contributed by atoms with van der Waals surface area (Å²) in [6.07, 6.45) is 0. The fraction of sp³-hybridized carbons (Fsp3) is 0.412. The number of ketones is 1. The maximum atomic E-state index is 12.8. The van der Waals surface area contributed by atoms with Crippen molar-refractivity contribution in [1.29, 1.82) is 10.5 Å². The molecule has 2 aliphatic rings. The molecule has 1 saturated carbocycles. The number of Topliss-reactive ketones (excluding diaryl/α,β-unsaturated/α-hetero) is 1. The van der Waals surface area contributed by atoms with Gasteiger partial charge in [-0.3, -0.25) is 9.59 Å². The standard InChI is InChI=1S/C17H14N2O3/c1-15(2,3)22-14(21)17-12(16(17,8-18)9-19)10-6-4-5-7-11(10)13(17)20/h4-7,12H,1-3H3. The minimum Gasteiger partial charge on any atom is -0.459 e. The van der Waals surface area contributed by atoms with E-state index in [0.29, 0.717) is 11.1 Å². The highest BCUT2D eigenvalue weighted by molar-refractivity contribution is 6.23. The lowest BCUT2D eigenvalue weighted by Crippen LogP contribution is -2.37. The molecule has 5 nitrogen and oxygen atoms in total. The number of carbonyl (C=O) groups is 2. The van der Waals surface area contributed by atoms with Crippen LogP contribution >= 0.6 is 0 Å². The topological polar surface area (TPSA) is 90.9 Å². The number of hydrogen-bond acceptors (Lipinski definition) is 5. The molecule has 2 aliphatic carbocycles. The predicted octanol–water partition coefficient (Wildman–Crippen LogP) is 2.34. The Hall–Kier alpha value is -2.66. The number of nitriles is 2. The summed E-state index contributed by atoms with van der Waals surface area (Å²) in [5.41, 5.74) is -3.19. The van der Waals surface area contributed by atoms with E-state index in [1.165, 1.54) is 0 Å². The van der Waals surface area contributed by atoms with Gasteiger partial charge in [0.2, 0.25) is 0 Å². The van der Waals surface area contributed by atoms with Crippen LogP contribution < -0.4 is 0 Å². The molecule has 1 aromatic rings. The van der Waals surface area contributed by atoms with Gasteiger partial charge in [0, 0.05) is 11.5 Å². The second-order valence-electron chi connectivity index (χ2n) is 6.69. The number of ether oxygens (including phenoxy) is 1. The lowest BCUT2D eigenvalue weighted by molar-refractivity contribution is -0.160. The first kappa shape index (κ1) is 14.3. The molecule has 0 amide bonds. The van der Waals surface area contributed by atoms with Crippen molar-refractivity contribution in [3.63, 3.8) is 0 Å². The summed E-state index contributed by atoms with van der Waals surface area (Å²) in [5, 5.41) is 19.0. The molecule has 2 atom stereocenters. The van der Waals surface area contributed by atoms with E-state index in [1.54, 1.807) is 45.0 Å². The zero-order valence-corrected chi connectivity index (χ0v) is 12.5. The zero-order valence-electron chi connectivity index (χ0n) is 12.5. The van der Waals surface area contributed by atoms with Crippen molar-refractivity contribution < 1.29 is 14.3 Å². The van der Waals surface area contributed by atoms with Crippen LogP contribution in [0.25, 0.3) is 0 Å². The summed E-state index contributed by atoms with van der Waals surface area (Å²) < 4.78 is 5.36. The van der Waals surface area contributed by atoms with E-state index in [9.17, 15) is 20.1 Å². The molecule has 0 N–H and O–H groups in total. The summed E-state index contributed by atoms with van der Waals surface area (Å²) in [6.45, 7) is 5.06. The Kier molecular flexibility index (Phi) is 2.57. The van der Waals surface area contributed by atoms with Crippen molar-refractivity contribution in [3.05, 3.63) is 35.4 Å². The molecule has 110 valence electrons. The van der Waals surface area contributed by atoms with Gasteiger partial charge < -0.3 is 4.74 Å². The van der Waals surface area contributed by atoms with Gasteiger partial charge in [0.1, 0.15) is 5.60 Å². The largest absolute Gasteiger partial charge is 0.459 e. The smallest absolute Gasteiger partial charge is 0.324 e. The van der Waals surface area contributed by atoms with Gasteiger partial charge in [0.25, 0.3) is 0 Å². The summed E-state index contributed by atoms with van der Waals surface area (Å²) >= 11 is 0. The normalized spacial score (nSPS) is 27.1. The van der Waals surface area contributed by atoms with Crippen molar-refractivity contribution in [3.8, 4) is 12.1 Å². The molecule has 0 aromatic heterocycles. The third-order valence-electron chi connectivity index (χ3n) is 4.35. The molecule has 1 fully saturated rings. The molecule has 3 rings (SSSR count). The van der Waals surface area contributed by atoms with Gasteiger partial charge in [0.05, 0.1) is 12.1 Å². The van der Waals surface area contributed by atoms with Crippen molar-refractivity contribution in [2.24, 2.45) is 10.8 Å². The van der Waals surface area contributed by atoms with Gasteiger partial charge in [-0.2, -0.15) is 10.5 Å². The van der Waals surface area contributed by atoms with E-state index in [2.05, 4.69) is 0 Å². The maximum absolute atomic E-state index is 12.8. The Bertz CT molecular complexity index is 777. The van der Waals surface area contributed by atoms with E-state index in [0.717, 1.165) is 0 Å². The van der Waals surface area contributed by atoms with Crippen LogP contribution in [-0.4, -0.2) is 17.4 Å². The van der Waals surface area contributed by atoms with Crippen molar-refractivity contribution in [2.45, 2.75) is 32.3 Å². The number of carbonyl (C=O) groups excluding carboxylic acids is 2. The van der Waals surface area contributed by atoms with Gasteiger partial charge in [-0.25, -0.2) is 0 Å². The fourth-order valence-corrected chi connectivity index (χ4v) is 3.48. The average Bonchev–Trinajstić information content (AvgIpc) is 3.00. The highest BCUT2D eigenvalue weighted by Crippen LogP contribution is 2.79. The van der Waals surface area contributed by atoms with Crippen LogP contribution in [0.15, 0.2) is 24.3 Å². The Morgan fingerprint density at radius 1 is 1.23 bits per heavy atom. The first-order valence-corrected chi connectivity index (χ1v) is 6.96.